The van der Waals surface area contributed by atoms with Crippen molar-refractivity contribution in [2.75, 3.05) is 12.1 Å². The predicted molar refractivity (Wildman–Crippen MR) is 166 cm³/mol. The normalized spacial score (nSPS) is 16.5. The molecule has 1 aliphatic carbocycles. The zero-order chi connectivity index (χ0) is 29.9. The second kappa shape index (κ2) is 10.1. The van der Waals surface area contributed by atoms with Crippen LogP contribution in [-0.4, -0.2) is 39.4 Å². The minimum Gasteiger partial charge on any atom is -0.454 e. The number of thiazole rings is 1. The fourth-order valence-electron chi connectivity index (χ4n) is 6.13. The molecule has 0 spiro atoms. The monoisotopic (exact) mass is 600 g/mol. The lowest BCUT2D eigenvalue weighted by atomic mass is 10.00. The number of aromatic nitrogens is 2. The van der Waals surface area contributed by atoms with E-state index in [0.29, 0.717) is 39.7 Å². The van der Waals surface area contributed by atoms with Crippen LogP contribution in [0.15, 0.2) is 72.1 Å². The second-order valence-corrected chi connectivity index (χ2v) is 11.7. The molecule has 10 heteroatoms. The molecular formula is C34H24N4O5S. The predicted octanol–water partition coefficient (Wildman–Crippen LogP) is 6.52. The summed E-state index contributed by atoms with van der Waals surface area (Å²) in [7, 11) is 0. The van der Waals surface area contributed by atoms with Gasteiger partial charge in [-0.05, 0) is 72.9 Å². The van der Waals surface area contributed by atoms with E-state index in [1.54, 1.807) is 36.6 Å². The highest BCUT2D eigenvalue weighted by molar-refractivity contribution is 7.14. The summed E-state index contributed by atoms with van der Waals surface area (Å²) in [4.78, 5) is 50.8. The third-order valence-corrected chi connectivity index (χ3v) is 9.07. The first-order valence-electron chi connectivity index (χ1n) is 14.2. The van der Waals surface area contributed by atoms with Gasteiger partial charge in [0.25, 0.3) is 17.7 Å². The Morgan fingerprint density at radius 3 is 2.52 bits per heavy atom. The molecule has 5 aromatic rings. The van der Waals surface area contributed by atoms with Gasteiger partial charge in [0, 0.05) is 10.8 Å². The molecule has 216 valence electrons. The molecule has 44 heavy (non-hydrogen) atoms. The molecule has 2 aliphatic heterocycles. The van der Waals surface area contributed by atoms with Gasteiger partial charge in [0.05, 0.1) is 39.6 Å². The molecule has 3 aromatic carbocycles. The fourth-order valence-corrected chi connectivity index (χ4v) is 6.92. The maximum Gasteiger partial charge on any atom is 0.262 e. The smallest absolute Gasteiger partial charge is 0.262 e. The van der Waals surface area contributed by atoms with Gasteiger partial charge in [-0.15, -0.1) is 11.3 Å². The Morgan fingerprint density at radius 2 is 1.70 bits per heavy atom. The number of para-hydroxylation sites is 1. The van der Waals surface area contributed by atoms with Crippen molar-refractivity contribution in [2.45, 2.75) is 25.8 Å². The Hall–Kier alpha value is -5.35. The first-order chi connectivity index (χ1) is 21.5. The number of nitrogens with zero attached hydrogens (tertiary/aromatic N) is 3. The largest absolute Gasteiger partial charge is 0.454 e. The number of hydrogen-bond donors (Lipinski definition) is 1. The van der Waals surface area contributed by atoms with Crippen LogP contribution < -0.4 is 14.8 Å². The van der Waals surface area contributed by atoms with Crippen LogP contribution in [0.1, 0.15) is 73.0 Å². The molecule has 9 nitrogen and oxygen atoms in total. The van der Waals surface area contributed by atoms with Crippen LogP contribution in [0.2, 0.25) is 0 Å². The molecule has 4 heterocycles. The van der Waals surface area contributed by atoms with Gasteiger partial charge in [-0.2, -0.15) is 0 Å². The Balaban J connectivity index is 1.10. The van der Waals surface area contributed by atoms with E-state index >= 15 is 0 Å². The number of fused-ring (bicyclic) bond motifs is 4. The zero-order valence-corrected chi connectivity index (χ0v) is 24.3. The van der Waals surface area contributed by atoms with Crippen molar-refractivity contribution in [1.29, 1.82) is 0 Å². The van der Waals surface area contributed by atoms with E-state index in [-0.39, 0.29) is 24.5 Å². The van der Waals surface area contributed by atoms with E-state index in [1.807, 2.05) is 42.5 Å². The summed E-state index contributed by atoms with van der Waals surface area (Å²) >= 11 is 1.26. The van der Waals surface area contributed by atoms with Gasteiger partial charge in [-0.1, -0.05) is 36.4 Å². The van der Waals surface area contributed by atoms with Crippen molar-refractivity contribution < 1.29 is 23.9 Å². The molecule has 0 fully saturated rings. The number of benzene rings is 3. The highest BCUT2D eigenvalue weighted by atomic mass is 32.1. The highest BCUT2D eigenvalue weighted by Crippen LogP contribution is 2.40. The van der Waals surface area contributed by atoms with Crippen LogP contribution in [-0.2, 0) is 6.42 Å². The summed E-state index contributed by atoms with van der Waals surface area (Å²) in [5, 5.41) is 5.90. The lowest BCUT2D eigenvalue weighted by Gasteiger charge is -2.20. The summed E-state index contributed by atoms with van der Waals surface area (Å²) < 4.78 is 11.0. The van der Waals surface area contributed by atoms with Gasteiger partial charge in [0.15, 0.2) is 16.6 Å². The summed E-state index contributed by atoms with van der Waals surface area (Å²) in [6.07, 6.45) is 3.50. The Morgan fingerprint density at radius 1 is 0.955 bits per heavy atom. The number of allylic oxidation sites excluding steroid dienone is 1. The molecule has 3 aliphatic rings. The van der Waals surface area contributed by atoms with Crippen LogP contribution in [0, 0.1) is 0 Å². The van der Waals surface area contributed by atoms with E-state index in [1.165, 1.54) is 16.2 Å². The number of rotatable bonds is 5. The number of carbonyl (C=O) groups excluding carboxylic acids is 3. The fraction of sp³-hybridized carbons (Fsp3) is 0.147. The van der Waals surface area contributed by atoms with Crippen LogP contribution in [0.25, 0.3) is 22.6 Å². The average molecular weight is 601 g/mol. The van der Waals surface area contributed by atoms with Crippen LogP contribution >= 0.6 is 11.3 Å². The Bertz CT molecular complexity index is 2050. The lowest BCUT2D eigenvalue weighted by molar-refractivity contribution is 0.0592. The lowest BCUT2D eigenvalue weighted by Crippen LogP contribution is -2.32. The van der Waals surface area contributed by atoms with Crippen LogP contribution in [0.3, 0.4) is 0 Å². The van der Waals surface area contributed by atoms with Crippen molar-refractivity contribution in [3.05, 3.63) is 111 Å². The van der Waals surface area contributed by atoms with E-state index in [2.05, 4.69) is 16.4 Å². The summed E-state index contributed by atoms with van der Waals surface area (Å²) in [6.45, 7) is 1.98. The van der Waals surface area contributed by atoms with Gasteiger partial charge in [0.1, 0.15) is 0 Å². The number of pyridine rings is 1. The molecule has 1 atom stereocenters. The average Bonchev–Trinajstić information content (AvgIpc) is 3.83. The molecule has 3 amide bonds. The minimum absolute atomic E-state index is 0.215. The quantitative estimate of drug-likeness (QED) is 0.229. The molecule has 1 N–H and O–H groups in total. The molecular weight excluding hydrogens is 576 g/mol. The van der Waals surface area contributed by atoms with Crippen LogP contribution in [0.5, 0.6) is 11.5 Å². The van der Waals surface area contributed by atoms with Crippen LogP contribution in [0.4, 0.5) is 5.13 Å². The number of nitrogens with one attached hydrogen (secondary N) is 1. The maximum absolute atomic E-state index is 13.9. The van der Waals surface area contributed by atoms with Crippen molar-refractivity contribution >= 4 is 56.7 Å². The van der Waals surface area contributed by atoms with Gasteiger partial charge >= 0.3 is 0 Å². The van der Waals surface area contributed by atoms with Gasteiger partial charge < -0.3 is 9.47 Å². The topological polar surface area (TPSA) is 111 Å². The van der Waals surface area contributed by atoms with E-state index < -0.39 is 6.04 Å². The summed E-state index contributed by atoms with van der Waals surface area (Å²) in [5.74, 6) is 0.466. The second-order valence-electron chi connectivity index (χ2n) is 10.8. The Labute approximate surface area is 255 Å². The first-order valence-corrected chi connectivity index (χ1v) is 15.1. The molecule has 0 bridgehead atoms. The first kappa shape index (κ1) is 26.3. The van der Waals surface area contributed by atoms with Crippen molar-refractivity contribution in [3.63, 3.8) is 0 Å². The third-order valence-electron chi connectivity index (χ3n) is 8.29. The number of ether oxygens (including phenoxy) is 2. The molecule has 0 radical (unpaired) electrons. The van der Waals surface area contributed by atoms with Crippen molar-refractivity contribution in [3.8, 4) is 11.5 Å². The number of amides is 3. The Kier molecular flexibility index (Phi) is 6.05. The number of carbonyl (C=O) groups is 3. The standard InChI is InChI=1S/C34H24N4O5S/c1-18(38-32(40)21-6-2-3-7-22(21)33(38)41)26-16-44-34(36-26)37-31(39)29-23-8-4-5-9-25(23)35-30-20(11-12-24(29)30)14-19-10-13-27-28(15-19)43-17-42-27/h2-10,13-16,18H,11-12,17H2,1H3,(H,36,37,39)/b20-14-. The van der Waals surface area contributed by atoms with E-state index in [4.69, 9.17) is 14.5 Å². The minimum atomic E-state index is -0.598. The molecule has 0 saturated heterocycles. The summed E-state index contributed by atoms with van der Waals surface area (Å²) in [5.41, 5.74) is 6.33. The number of anilines is 1. The molecule has 2 aromatic heterocycles. The van der Waals surface area contributed by atoms with Crippen molar-refractivity contribution in [1.82, 2.24) is 14.9 Å². The molecule has 8 rings (SSSR count). The van der Waals surface area contributed by atoms with Gasteiger partial charge in [-0.25, -0.2) is 9.97 Å². The zero-order valence-electron chi connectivity index (χ0n) is 23.5. The number of hydrogen-bond acceptors (Lipinski definition) is 8. The number of imide groups is 1. The van der Waals surface area contributed by atoms with E-state index in [0.717, 1.165) is 45.5 Å². The van der Waals surface area contributed by atoms with Crippen molar-refractivity contribution in [2.24, 2.45) is 0 Å². The van der Waals surface area contributed by atoms with Gasteiger partial charge in [0.2, 0.25) is 6.79 Å². The maximum atomic E-state index is 13.9. The SMILES string of the molecule is CC(c1csc(NC(=O)c2c3c(nc4ccccc24)/C(=C\c2ccc4c(c2)OCO4)CC3)n1)N1C(=O)c2ccccc2C1=O. The molecule has 1 unspecified atom stereocenters. The third kappa shape index (κ3) is 4.17. The molecule has 0 saturated carbocycles. The highest BCUT2D eigenvalue weighted by Gasteiger charge is 2.39. The van der Waals surface area contributed by atoms with E-state index in [9.17, 15) is 14.4 Å². The van der Waals surface area contributed by atoms with Gasteiger partial charge in [-0.3, -0.25) is 24.6 Å². The summed E-state index contributed by atoms with van der Waals surface area (Å²) in [6, 6.07) is 19.7.